The van der Waals surface area contributed by atoms with Crippen LogP contribution in [0.25, 0.3) is 0 Å². The lowest BCUT2D eigenvalue weighted by molar-refractivity contribution is 0.531. The van der Waals surface area contributed by atoms with Crippen molar-refractivity contribution in [3.8, 4) is 0 Å². The zero-order valence-electron chi connectivity index (χ0n) is 11.8. The molecule has 0 unspecified atom stereocenters. The van der Waals surface area contributed by atoms with E-state index in [0.29, 0.717) is 6.42 Å². The minimum Gasteiger partial charge on any atom is -0.291 e. The second kappa shape index (κ2) is 15.7. The molecule has 0 heterocycles. The average molecular weight is 240 g/mol. The minimum absolute atomic E-state index is 0.637. The fourth-order valence-corrected chi connectivity index (χ4v) is 2.21. The smallest absolute Gasteiger partial charge is 0.198 e. The van der Waals surface area contributed by atoms with Crippen molar-refractivity contribution in [1.29, 1.82) is 0 Å². The Bertz CT molecular complexity index is 142. The van der Waals surface area contributed by atoms with Crippen molar-refractivity contribution in [3.05, 3.63) is 0 Å². The van der Waals surface area contributed by atoms with E-state index in [1.807, 2.05) is 6.29 Å². The van der Waals surface area contributed by atoms with Gasteiger partial charge in [0, 0.05) is 6.42 Å². The highest BCUT2D eigenvalue weighted by Gasteiger charge is 1.93. The summed E-state index contributed by atoms with van der Waals surface area (Å²) in [7, 11) is 0. The summed E-state index contributed by atoms with van der Waals surface area (Å²) in [6, 6.07) is 0. The van der Waals surface area contributed by atoms with Gasteiger partial charge in [0.05, 0.1) is 0 Å². The van der Waals surface area contributed by atoms with E-state index in [-0.39, 0.29) is 0 Å². The Labute approximate surface area is 108 Å². The second-order valence-electron chi connectivity index (χ2n) is 5.14. The van der Waals surface area contributed by atoms with Gasteiger partial charge in [0.15, 0.2) is 6.29 Å². The van der Waals surface area contributed by atoms with Crippen molar-refractivity contribution in [2.24, 2.45) is 0 Å². The summed E-state index contributed by atoms with van der Waals surface area (Å²) in [5, 5.41) is 0. The molecule has 0 N–H and O–H groups in total. The first-order valence-corrected chi connectivity index (χ1v) is 7.76. The molecular formula is C16H31O. The fraction of sp³-hybridized carbons (Fsp3) is 0.938. The van der Waals surface area contributed by atoms with Crippen molar-refractivity contribution in [1.82, 2.24) is 0 Å². The molecule has 0 aliphatic carbocycles. The number of carbonyl (C=O) groups excluding carboxylic acids is 1. The molecule has 0 atom stereocenters. The zero-order valence-corrected chi connectivity index (χ0v) is 11.8. The standard InChI is InChI=1S/C16H31O/c1-2-3-4-5-6-7-8-9-10-11-12-13-14-15-16-17/h2-15H2,1H3/i16+1. The van der Waals surface area contributed by atoms with Gasteiger partial charge in [0.2, 0.25) is 0 Å². The number of hydrogen-bond acceptors (Lipinski definition) is 1. The van der Waals surface area contributed by atoms with Crippen LogP contribution in [0.3, 0.4) is 0 Å². The molecule has 0 rings (SSSR count). The van der Waals surface area contributed by atoms with Crippen LogP contribution in [0.4, 0.5) is 0 Å². The van der Waals surface area contributed by atoms with Crippen LogP contribution >= 0.6 is 0 Å². The van der Waals surface area contributed by atoms with E-state index in [2.05, 4.69) is 6.92 Å². The molecule has 1 heteroatoms. The first-order valence-electron chi connectivity index (χ1n) is 7.76. The van der Waals surface area contributed by atoms with E-state index in [1.165, 1.54) is 77.0 Å². The van der Waals surface area contributed by atoms with Gasteiger partial charge in [-0.15, -0.1) is 0 Å². The van der Waals surface area contributed by atoms with Gasteiger partial charge in [0.25, 0.3) is 0 Å². The maximum Gasteiger partial charge on any atom is 0.198 e. The van der Waals surface area contributed by atoms with E-state index in [4.69, 9.17) is 0 Å². The van der Waals surface area contributed by atoms with Gasteiger partial charge in [-0.2, -0.15) is 0 Å². The third kappa shape index (κ3) is 15.7. The van der Waals surface area contributed by atoms with Gasteiger partial charge >= 0.3 is 0 Å². The predicted octanol–water partition coefficient (Wildman–Crippen LogP) is 5.58. The van der Waals surface area contributed by atoms with Crippen LogP contribution in [0.2, 0.25) is 0 Å². The normalized spacial score (nSPS) is 10.6. The van der Waals surface area contributed by atoms with Gasteiger partial charge in [-0.1, -0.05) is 84.0 Å². The Balaban J connectivity index is 2.87. The van der Waals surface area contributed by atoms with Gasteiger partial charge in [-0.05, 0) is 6.42 Å². The number of unbranched alkanes of at least 4 members (excludes halogenated alkanes) is 13. The van der Waals surface area contributed by atoms with Crippen LogP contribution in [0.1, 0.15) is 96.8 Å². The maximum atomic E-state index is 9.98. The van der Waals surface area contributed by atoms with E-state index in [1.54, 1.807) is 0 Å². The minimum atomic E-state index is 0.637. The van der Waals surface area contributed by atoms with Crippen LogP contribution in [-0.2, 0) is 4.79 Å². The highest BCUT2D eigenvalue weighted by Crippen LogP contribution is 2.12. The van der Waals surface area contributed by atoms with Crippen LogP contribution in [-0.4, -0.2) is 6.29 Å². The van der Waals surface area contributed by atoms with Gasteiger partial charge < -0.3 is 0 Å². The van der Waals surface area contributed by atoms with E-state index < -0.39 is 0 Å². The molecule has 0 saturated heterocycles. The van der Waals surface area contributed by atoms with Crippen molar-refractivity contribution in [2.45, 2.75) is 96.8 Å². The monoisotopic (exact) mass is 240 g/mol. The third-order valence-electron chi connectivity index (χ3n) is 3.38. The Morgan fingerprint density at radius 3 is 1.29 bits per heavy atom. The highest BCUT2D eigenvalue weighted by molar-refractivity contribution is 5.50. The molecule has 0 aliphatic rings. The highest BCUT2D eigenvalue weighted by atomic mass is 16.2. The fourth-order valence-electron chi connectivity index (χ4n) is 2.21. The van der Waals surface area contributed by atoms with E-state index in [9.17, 15) is 4.79 Å². The quantitative estimate of drug-likeness (QED) is 0.286. The predicted molar refractivity (Wildman–Crippen MR) is 76.0 cm³/mol. The average Bonchev–Trinajstić information content (AvgIpc) is 2.35. The summed E-state index contributed by atoms with van der Waals surface area (Å²) in [6.45, 7) is 2.27. The Morgan fingerprint density at radius 1 is 0.588 bits per heavy atom. The summed E-state index contributed by atoms with van der Waals surface area (Å²) in [6.07, 6.45) is 20.2. The summed E-state index contributed by atoms with van der Waals surface area (Å²) in [5.74, 6) is 0. The van der Waals surface area contributed by atoms with Crippen molar-refractivity contribution < 1.29 is 4.79 Å². The van der Waals surface area contributed by atoms with Crippen LogP contribution in [0.15, 0.2) is 0 Å². The van der Waals surface area contributed by atoms with Crippen LogP contribution < -0.4 is 0 Å². The first-order chi connectivity index (χ1) is 8.41. The van der Waals surface area contributed by atoms with Crippen LogP contribution in [0, 0.1) is 0 Å². The molecular weight excluding hydrogens is 209 g/mol. The maximum absolute atomic E-state index is 9.98. The molecule has 0 saturated carbocycles. The van der Waals surface area contributed by atoms with Crippen molar-refractivity contribution >= 4 is 6.29 Å². The Kier molecular flexibility index (Phi) is 15.4. The van der Waals surface area contributed by atoms with Crippen LogP contribution in [0.5, 0.6) is 0 Å². The molecule has 17 heavy (non-hydrogen) atoms. The Hall–Kier alpha value is -0.330. The molecule has 0 bridgehead atoms. The van der Waals surface area contributed by atoms with E-state index in [0.717, 1.165) is 6.42 Å². The molecule has 0 aromatic rings. The van der Waals surface area contributed by atoms with Crippen molar-refractivity contribution in [2.75, 3.05) is 0 Å². The SMILES string of the molecule is CCCCCCCCCCCCCCC[13C]=O. The lowest BCUT2D eigenvalue weighted by atomic mass is 10.0. The molecule has 0 aromatic heterocycles. The third-order valence-corrected chi connectivity index (χ3v) is 3.38. The number of rotatable bonds is 14. The number of hydrogen-bond donors (Lipinski definition) is 0. The summed E-state index contributed by atoms with van der Waals surface area (Å²) < 4.78 is 0. The summed E-state index contributed by atoms with van der Waals surface area (Å²) in [5.41, 5.74) is 0. The molecule has 0 aromatic carbocycles. The topological polar surface area (TPSA) is 17.1 Å². The van der Waals surface area contributed by atoms with Gasteiger partial charge in [-0.3, -0.25) is 4.79 Å². The van der Waals surface area contributed by atoms with Gasteiger partial charge in [-0.25, -0.2) is 0 Å². The second-order valence-corrected chi connectivity index (χ2v) is 5.14. The largest absolute Gasteiger partial charge is 0.291 e. The molecule has 0 spiro atoms. The zero-order chi connectivity index (χ0) is 12.6. The summed E-state index contributed by atoms with van der Waals surface area (Å²) >= 11 is 0. The molecule has 0 amide bonds. The Morgan fingerprint density at radius 2 is 0.941 bits per heavy atom. The lowest BCUT2D eigenvalue weighted by Gasteiger charge is -2.02. The molecule has 1 radical (unpaired) electrons. The molecule has 0 fully saturated rings. The van der Waals surface area contributed by atoms with E-state index >= 15 is 0 Å². The first kappa shape index (κ1) is 16.7. The molecule has 1 nitrogen and oxygen atoms in total. The molecule has 0 aliphatic heterocycles. The summed E-state index contributed by atoms with van der Waals surface area (Å²) in [4.78, 5) is 9.98. The lowest BCUT2D eigenvalue weighted by Crippen LogP contribution is -1.83. The molecule has 101 valence electrons. The van der Waals surface area contributed by atoms with Gasteiger partial charge in [0.1, 0.15) is 0 Å². The van der Waals surface area contributed by atoms with Crippen molar-refractivity contribution in [3.63, 3.8) is 0 Å².